The molecule has 0 aromatic carbocycles. The molecule has 2 unspecified atom stereocenters. The number of sulfonamides is 1. The number of nitrogens with one attached hydrogen (secondary N) is 1. The molecular weight excluding hydrogens is 288 g/mol. The number of nitrogens with zero attached hydrogens (tertiary/aromatic N) is 3. The highest BCUT2D eigenvalue weighted by molar-refractivity contribution is 7.89. The Kier molecular flexibility index (Phi) is 2.87. The van der Waals surface area contributed by atoms with Crippen molar-refractivity contribution in [1.29, 1.82) is 0 Å². The van der Waals surface area contributed by atoms with E-state index in [9.17, 15) is 8.42 Å². The summed E-state index contributed by atoms with van der Waals surface area (Å²) in [4.78, 5) is 4.23. The van der Waals surface area contributed by atoms with E-state index < -0.39 is 10.0 Å². The quantitative estimate of drug-likeness (QED) is 0.915. The van der Waals surface area contributed by atoms with Crippen molar-refractivity contribution in [2.45, 2.75) is 42.7 Å². The summed E-state index contributed by atoms with van der Waals surface area (Å²) in [6.45, 7) is 0. The fraction of sp³-hybridized carbons (Fsp3) is 0.429. The van der Waals surface area contributed by atoms with Crippen molar-refractivity contribution in [3.05, 3.63) is 42.0 Å². The fourth-order valence-electron chi connectivity index (χ4n) is 3.54. The lowest BCUT2D eigenvalue weighted by atomic mass is 9.86. The Labute approximate surface area is 123 Å². The van der Waals surface area contributed by atoms with Crippen LogP contribution in [0.5, 0.6) is 0 Å². The van der Waals surface area contributed by atoms with Crippen molar-refractivity contribution in [3.63, 3.8) is 0 Å². The maximum Gasteiger partial charge on any atom is 0.244 e. The lowest BCUT2D eigenvalue weighted by Gasteiger charge is -2.44. The standard InChI is InChI=1S/C14H16N4O2S/c19-21(20,11-4-6-15-7-5-11)18-10-2-1-3-14(18)12-9-16-17-13(12)8-10/h4-7,9-10,14H,1-3,8H2,(H,16,17). The van der Waals surface area contributed by atoms with Gasteiger partial charge in [-0.05, 0) is 31.4 Å². The third-order valence-corrected chi connectivity index (χ3v) is 6.43. The maximum absolute atomic E-state index is 13.0. The second-order valence-electron chi connectivity index (χ2n) is 5.63. The predicted octanol–water partition coefficient (Wildman–Crippen LogP) is 1.65. The normalized spacial score (nSPS) is 25.5. The highest BCUT2D eigenvalue weighted by Gasteiger charge is 2.45. The second-order valence-corrected chi connectivity index (χ2v) is 7.47. The number of aromatic nitrogens is 3. The summed E-state index contributed by atoms with van der Waals surface area (Å²) in [7, 11) is -3.49. The Hall–Kier alpha value is -1.73. The van der Waals surface area contributed by atoms with Crippen LogP contribution in [-0.2, 0) is 16.4 Å². The van der Waals surface area contributed by atoms with Crippen LogP contribution in [0.25, 0.3) is 0 Å². The molecule has 2 aromatic heterocycles. The van der Waals surface area contributed by atoms with E-state index in [1.54, 1.807) is 22.6 Å². The third-order valence-electron chi connectivity index (χ3n) is 4.46. The number of rotatable bonds is 2. The van der Waals surface area contributed by atoms with Crippen LogP contribution >= 0.6 is 0 Å². The molecule has 2 aliphatic rings. The molecular formula is C14H16N4O2S. The van der Waals surface area contributed by atoms with Gasteiger partial charge in [0, 0.05) is 36.1 Å². The summed E-state index contributed by atoms with van der Waals surface area (Å²) in [6, 6.07) is 3.06. The molecule has 1 fully saturated rings. The van der Waals surface area contributed by atoms with Crippen molar-refractivity contribution in [2.24, 2.45) is 0 Å². The van der Waals surface area contributed by atoms with Gasteiger partial charge in [-0.1, -0.05) is 0 Å². The van der Waals surface area contributed by atoms with Crippen molar-refractivity contribution < 1.29 is 8.42 Å². The molecule has 0 radical (unpaired) electrons. The van der Waals surface area contributed by atoms with Crippen molar-refractivity contribution in [1.82, 2.24) is 19.5 Å². The van der Waals surface area contributed by atoms with Gasteiger partial charge < -0.3 is 0 Å². The zero-order chi connectivity index (χ0) is 14.4. The number of H-pyrrole nitrogens is 1. The Bertz CT molecular complexity index is 756. The Morgan fingerprint density at radius 1 is 1.24 bits per heavy atom. The molecule has 6 nitrogen and oxygen atoms in total. The molecule has 4 heterocycles. The van der Waals surface area contributed by atoms with Gasteiger partial charge in [-0.2, -0.15) is 9.40 Å². The lowest BCUT2D eigenvalue weighted by Crippen LogP contribution is -2.49. The van der Waals surface area contributed by atoms with E-state index in [1.165, 1.54) is 12.4 Å². The highest BCUT2D eigenvalue weighted by Crippen LogP contribution is 2.44. The van der Waals surface area contributed by atoms with Gasteiger partial charge in [0.15, 0.2) is 0 Å². The van der Waals surface area contributed by atoms with Crippen LogP contribution in [0.1, 0.15) is 36.6 Å². The third kappa shape index (κ3) is 1.91. The summed E-state index contributed by atoms with van der Waals surface area (Å²) in [6.07, 6.45) is 8.35. The lowest BCUT2D eigenvalue weighted by molar-refractivity contribution is 0.162. The minimum Gasteiger partial charge on any atom is -0.282 e. The number of fused-ring (bicyclic) bond motifs is 4. The summed E-state index contributed by atoms with van der Waals surface area (Å²) < 4.78 is 27.7. The first kappa shape index (κ1) is 13.0. The molecule has 0 spiro atoms. The molecule has 0 aliphatic carbocycles. The number of hydrogen-bond acceptors (Lipinski definition) is 4. The van der Waals surface area contributed by atoms with E-state index in [0.29, 0.717) is 4.90 Å². The van der Waals surface area contributed by atoms with Crippen LogP contribution < -0.4 is 0 Å². The van der Waals surface area contributed by atoms with Gasteiger partial charge in [0.05, 0.1) is 17.1 Å². The molecule has 21 heavy (non-hydrogen) atoms. The summed E-state index contributed by atoms with van der Waals surface area (Å²) in [5, 5.41) is 7.11. The smallest absolute Gasteiger partial charge is 0.244 e. The van der Waals surface area contributed by atoms with Crippen LogP contribution in [0.15, 0.2) is 35.6 Å². The Balaban J connectivity index is 1.82. The van der Waals surface area contributed by atoms with Gasteiger partial charge in [-0.25, -0.2) is 8.42 Å². The number of pyridine rings is 1. The molecule has 2 bridgehead atoms. The summed E-state index contributed by atoms with van der Waals surface area (Å²) >= 11 is 0. The second kappa shape index (κ2) is 4.64. The first-order chi connectivity index (χ1) is 10.2. The van der Waals surface area contributed by atoms with E-state index in [1.807, 2.05) is 0 Å². The van der Waals surface area contributed by atoms with Crippen molar-refractivity contribution in [3.8, 4) is 0 Å². The number of aromatic amines is 1. The average molecular weight is 304 g/mol. The topological polar surface area (TPSA) is 79.0 Å². The van der Waals surface area contributed by atoms with Crippen LogP contribution in [0, 0.1) is 0 Å². The average Bonchev–Trinajstić information content (AvgIpc) is 2.95. The first-order valence-electron chi connectivity index (χ1n) is 7.13. The number of piperidine rings is 1. The van der Waals surface area contributed by atoms with Gasteiger partial charge in [0.1, 0.15) is 0 Å². The SMILES string of the molecule is O=S(=O)(c1ccncc1)N1C2CCCC1c1cn[nH]c1C2. The molecule has 2 aliphatic heterocycles. The first-order valence-corrected chi connectivity index (χ1v) is 8.57. The largest absolute Gasteiger partial charge is 0.282 e. The molecule has 0 amide bonds. The van der Waals surface area contributed by atoms with Gasteiger partial charge >= 0.3 is 0 Å². The molecule has 4 rings (SSSR count). The van der Waals surface area contributed by atoms with Gasteiger partial charge in [-0.15, -0.1) is 0 Å². The Morgan fingerprint density at radius 3 is 2.86 bits per heavy atom. The zero-order valence-electron chi connectivity index (χ0n) is 11.4. The van der Waals surface area contributed by atoms with Gasteiger partial charge in [-0.3, -0.25) is 10.1 Å². The summed E-state index contributed by atoms with van der Waals surface area (Å²) in [5.74, 6) is 0. The predicted molar refractivity (Wildman–Crippen MR) is 75.9 cm³/mol. The number of hydrogen-bond donors (Lipinski definition) is 1. The molecule has 2 aromatic rings. The van der Waals surface area contributed by atoms with Crippen LogP contribution in [0.4, 0.5) is 0 Å². The minimum absolute atomic E-state index is 0.0230. The fourth-order valence-corrected chi connectivity index (χ4v) is 5.38. The van der Waals surface area contributed by atoms with E-state index in [-0.39, 0.29) is 12.1 Å². The highest BCUT2D eigenvalue weighted by atomic mass is 32.2. The summed E-state index contributed by atoms with van der Waals surface area (Å²) in [5.41, 5.74) is 2.12. The zero-order valence-corrected chi connectivity index (χ0v) is 12.3. The van der Waals surface area contributed by atoms with Crippen molar-refractivity contribution >= 4 is 10.0 Å². The molecule has 7 heteroatoms. The Morgan fingerprint density at radius 2 is 2.05 bits per heavy atom. The van der Waals surface area contributed by atoms with E-state index in [4.69, 9.17) is 0 Å². The van der Waals surface area contributed by atoms with E-state index in [2.05, 4.69) is 15.2 Å². The monoisotopic (exact) mass is 304 g/mol. The van der Waals surface area contributed by atoms with Crippen LogP contribution in [0.3, 0.4) is 0 Å². The van der Waals surface area contributed by atoms with Crippen LogP contribution in [0.2, 0.25) is 0 Å². The van der Waals surface area contributed by atoms with Gasteiger partial charge in [0.25, 0.3) is 0 Å². The molecule has 0 saturated carbocycles. The molecule has 110 valence electrons. The maximum atomic E-state index is 13.0. The molecule has 1 N–H and O–H groups in total. The van der Waals surface area contributed by atoms with Gasteiger partial charge in [0.2, 0.25) is 10.0 Å². The van der Waals surface area contributed by atoms with Crippen molar-refractivity contribution in [2.75, 3.05) is 0 Å². The van der Waals surface area contributed by atoms with Crippen LogP contribution in [-0.4, -0.2) is 33.9 Å². The van der Waals surface area contributed by atoms with E-state index in [0.717, 1.165) is 36.9 Å². The van der Waals surface area contributed by atoms with E-state index >= 15 is 0 Å². The minimum atomic E-state index is -3.49. The molecule has 1 saturated heterocycles. The molecule has 2 atom stereocenters.